The summed E-state index contributed by atoms with van der Waals surface area (Å²) < 4.78 is 1.81. The molecule has 0 fully saturated rings. The van der Waals surface area contributed by atoms with E-state index in [9.17, 15) is 4.79 Å². The SMILES string of the molecule is CCN(CC)c1ccc(NC(=O)c2ccc(-n3ccnc3C)nn2)cc1. The molecule has 3 rings (SSSR count). The van der Waals surface area contributed by atoms with Crippen molar-refractivity contribution in [1.29, 1.82) is 0 Å². The van der Waals surface area contributed by atoms with Crippen LogP contribution in [0.2, 0.25) is 0 Å². The lowest BCUT2D eigenvalue weighted by Gasteiger charge is -2.21. The molecule has 2 aromatic heterocycles. The van der Waals surface area contributed by atoms with Crippen molar-refractivity contribution < 1.29 is 4.79 Å². The molecule has 7 heteroatoms. The van der Waals surface area contributed by atoms with E-state index >= 15 is 0 Å². The van der Waals surface area contributed by atoms with Gasteiger partial charge in [0.25, 0.3) is 5.91 Å². The molecule has 2 heterocycles. The van der Waals surface area contributed by atoms with Crippen LogP contribution in [0.1, 0.15) is 30.2 Å². The highest BCUT2D eigenvalue weighted by atomic mass is 16.1. The summed E-state index contributed by atoms with van der Waals surface area (Å²) in [6, 6.07) is 11.2. The number of nitrogens with one attached hydrogen (secondary N) is 1. The lowest BCUT2D eigenvalue weighted by atomic mass is 10.2. The summed E-state index contributed by atoms with van der Waals surface area (Å²) in [5, 5.41) is 11.0. The predicted octanol–water partition coefficient (Wildman–Crippen LogP) is 3.07. The van der Waals surface area contributed by atoms with E-state index in [0.29, 0.717) is 5.82 Å². The molecule has 7 nitrogen and oxygen atoms in total. The Morgan fingerprint density at radius 2 is 1.81 bits per heavy atom. The van der Waals surface area contributed by atoms with Gasteiger partial charge in [-0.25, -0.2) is 4.98 Å². The van der Waals surface area contributed by atoms with Crippen molar-refractivity contribution in [2.45, 2.75) is 20.8 Å². The van der Waals surface area contributed by atoms with Crippen LogP contribution in [-0.2, 0) is 0 Å². The number of imidazole rings is 1. The highest BCUT2D eigenvalue weighted by Gasteiger charge is 2.10. The zero-order valence-electron chi connectivity index (χ0n) is 15.2. The van der Waals surface area contributed by atoms with E-state index in [-0.39, 0.29) is 11.6 Å². The fourth-order valence-corrected chi connectivity index (χ4v) is 2.73. The first-order valence-corrected chi connectivity index (χ1v) is 8.62. The van der Waals surface area contributed by atoms with Crippen molar-refractivity contribution in [3.63, 3.8) is 0 Å². The third kappa shape index (κ3) is 3.72. The van der Waals surface area contributed by atoms with Crippen molar-refractivity contribution >= 4 is 17.3 Å². The third-order valence-corrected chi connectivity index (χ3v) is 4.21. The van der Waals surface area contributed by atoms with E-state index in [1.165, 1.54) is 0 Å². The third-order valence-electron chi connectivity index (χ3n) is 4.21. The molecule has 0 unspecified atom stereocenters. The van der Waals surface area contributed by atoms with Gasteiger partial charge >= 0.3 is 0 Å². The fraction of sp³-hybridized carbons (Fsp3) is 0.263. The molecule has 0 saturated heterocycles. The van der Waals surface area contributed by atoms with Crippen molar-refractivity contribution in [2.75, 3.05) is 23.3 Å². The molecule has 26 heavy (non-hydrogen) atoms. The van der Waals surface area contributed by atoms with Crippen LogP contribution in [-0.4, -0.2) is 38.7 Å². The summed E-state index contributed by atoms with van der Waals surface area (Å²) in [4.78, 5) is 18.8. The monoisotopic (exact) mass is 350 g/mol. The Kier molecular flexibility index (Phi) is 5.26. The largest absolute Gasteiger partial charge is 0.372 e. The fourth-order valence-electron chi connectivity index (χ4n) is 2.73. The Balaban J connectivity index is 1.69. The lowest BCUT2D eigenvalue weighted by molar-refractivity contribution is 0.102. The van der Waals surface area contributed by atoms with Gasteiger partial charge in [-0.05, 0) is 57.2 Å². The maximum absolute atomic E-state index is 12.4. The topological polar surface area (TPSA) is 75.9 Å². The molecular weight excluding hydrogens is 328 g/mol. The molecule has 0 radical (unpaired) electrons. The molecule has 3 aromatic rings. The van der Waals surface area contributed by atoms with Crippen LogP contribution in [0.15, 0.2) is 48.8 Å². The zero-order chi connectivity index (χ0) is 18.5. The Morgan fingerprint density at radius 3 is 2.35 bits per heavy atom. The number of nitrogens with zero attached hydrogens (tertiary/aromatic N) is 5. The van der Waals surface area contributed by atoms with E-state index in [4.69, 9.17) is 0 Å². The van der Waals surface area contributed by atoms with E-state index in [0.717, 1.165) is 30.3 Å². The van der Waals surface area contributed by atoms with E-state index < -0.39 is 0 Å². The molecule has 0 aliphatic carbocycles. The summed E-state index contributed by atoms with van der Waals surface area (Å²) in [5.74, 6) is 1.15. The normalized spacial score (nSPS) is 10.6. The number of rotatable bonds is 6. The number of hydrogen-bond acceptors (Lipinski definition) is 5. The Hall–Kier alpha value is -3.22. The number of carbonyl (C=O) groups excluding carboxylic acids is 1. The van der Waals surface area contributed by atoms with Gasteiger partial charge < -0.3 is 10.2 Å². The highest BCUT2D eigenvalue weighted by Crippen LogP contribution is 2.18. The first kappa shape index (κ1) is 17.6. The van der Waals surface area contributed by atoms with Crippen LogP contribution in [0, 0.1) is 6.92 Å². The van der Waals surface area contributed by atoms with Crippen molar-refractivity contribution in [2.24, 2.45) is 0 Å². The van der Waals surface area contributed by atoms with Crippen molar-refractivity contribution in [3.8, 4) is 5.82 Å². The molecule has 0 saturated carbocycles. The first-order chi connectivity index (χ1) is 12.6. The maximum atomic E-state index is 12.4. The molecule has 1 aromatic carbocycles. The summed E-state index contributed by atoms with van der Waals surface area (Å²) in [6.07, 6.45) is 3.50. The van der Waals surface area contributed by atoms with Gasteiger partial charge in [0.05, 0.1) is 0 Å². The van der Waals surface area contributed by atoms with Gasteiger partial charge in [0.15, 0.2) is 11.5 Å². The molecule has 0 spiro atoms. The number of hydrogen-bond donors (Lipinski definition) is 1. The number of aryl methyl sites for hydroxylation is 1. The molecule has 0 aliphatic heterocycles. The van der Waals surface area contributed by atoms with Gasteiger partial charge in [-0.1, -0.05) is 0 Å². The number of amides is 1. The predicted molar refractivity (Wildman–Crippen MR) is 102 cm³/mol. The summed E-state index contributed by atoms with van der Waals surface area (Å²) in [6.45, 7) is 8.00. The van der Waals surface area contributed by atoms with Crippen LogP contribution in [0.25, 0.3) is 5.82 Å². The summed E-state index contributed by atoms with van der Waals surface area (Å²) in [5.41, 5.74) is 2.12. The van der Waals surface area contributed by atoms with Crippen LogP contribution in [0.5, 0.6) is 0 Å². The Labute approximate surface area is 152 Å². The van der Waals surface area contributed by atoms with Crippen LogP contribution >= 0.6 is 0 Å². The minimum Gasteiger partial charge on any atom is -0.372 e. The number of aromatic nitrogens is 4. The van der Waals surface area contributed by atoms with Crippen LogP contribution in [0.4, 0.5) is 11.4 Å². The van der Waals surface area contributed by atoms with Gasteiger partial charge in [-0.15, -0.1) is 10.2 Å². The average molecular weight is 350 g/mol. The Bertz CT molecular complexity index is 866. The van der Waals surface area contributed by atoms with Gasteiger partial charge in [-0.2, -0.15) is 0 Å². The van der Waals surface area contributed by atoms with Crippen molar-refractivity contribution in [1.82, 2.24) is 19.7 Å². The zero-order valence-corrected chi connectivity index (χ0v) is 15.2. The second kappa shape index (κ2) is 7.77. The van der Waals surface area contributed by atoms with Crippen molar-refractivity contribution in [3.05, 3.63) is 60.3 Å². The number of benzene rings is 1. The van der Waals surface area contributed by atoms with Gasteiger partial charge in [0.2, 0.25) is 0 Å². The second-order valence-electron chi connectivity index (χ2n) is 5.79. The minimum absolute atomic E-state index is 0.263. The van der Waals surface area contributed by atoms with Gasteiger partial charge in [-0.3, -0.25) is 9.36 Å². The van der Waals surface area contributed by atoms with Gasteiger partial charge in [0.1, 0.15) is 5.82 Å². The molecule has 1 amide bonds. The molecule has 1 N–H and O–H groups in total. The summed E-state index contributed by atoms with van der Waals surface area (Å²) in [7, 11) is 0. The number of carbonyl (C=O) groups is 1. The number of anilines is 2. The smallest absolute Gasteiger partial charge is 0.276 e. The average Bonchev–Trinajstić information content (AvgIpc) is 3.10. The molecular formula is C19H22N6O. The lowest BCUT2D eigenvalue weighted by Crippen LogP contribution is -2.21. The van der Waals surface area contributed by atoms with Crippen LogP contribution < -0.4 is 10.2 Å². The Morgan fingerprint density at radius 1 is 1.08 bits per heavy atom. The quantitative estimate of drug-likeness (QED) is 0.739. The summed E-state index contributed by atoms with van der Waals surface area (Å²) >= 11 is 0. The van der Waals surface area contributed by atoms with E-state index in [1.807, 2.05) is 31.2 Å². The second-order valence-corrected chi connectivity index (χ2v) is 5.79. The maximum Gasteiger partial charge on any atom is 0.276 e. The standard InChI is InChI=1S/C19H22N6O/c1-4-24(5-2)16-8-6-15(7-9-16)21-19(26)17-10-11-18(23-22-17)25-13-12-20-14(25)3/h6-13H,4-5H2,1-3H3,(H,21,26). The molecule has 0 aliphatic rings. The van der Waals surface area contributed by atoms with Crippen LogP contribution in [0.3, 0.4) is 0 Å². The molecule has 0 bridgehead atoms. The van der Waals surface area contributed by atoms with E-state index in [1.54, 1.807) is 29.1 Å². The van der Waals surface area contributed by atoms with Gasteiger partial charge in [0, 0.05) is 36.9 Å². The molecule has 134 valence electrons. The molecule has 0 atom stereocenters. The highest BCUT2D eigenvalue weighted by molar-refractivity contribution is 6.02. The van der Waals surface area contributed by atoms with E-state index in [2.05, 4.69) is 39.2 Å². The first-order valence-electron chi connectivity index (χ1n) is 8.62. The minimum atomic E-state index is -0.290.